The lowest BCUT2D eigenvalue weighted by atomic mass is 10.1. The van der Waals surface area contributed by atoms with Crippen LogP contribution in [0.4, 0.5) is 17.6 Å². The summed E-state index contributed by atoms with van der Waals surface area (Å²) < 4.78 is 64.6. The molecule has 2 aromatic carbocycles. The fraction of sp³-hybridized carbons (Fsp3) is 0.200. The molecular weight excluding hydrogens is 424 g/mol. The molecule has 10 heteroatoms. The number of rotatable bonds is 6. The number of benzene rings is 2. The Morgan fingerprint density at radius 1 is 1.13 bits per heavy atom. The molecule has 0 unspecified atom stereocenters. The van der Waals surface area contributed by atoms with Gasteiger partial charge in [-0.2, -0.15) is 8.78 Å². The van der Waals surface area contributed by atoms with E-state index in [4.69, 9.17) is 21.7 Å². The fourth-order valence-electron chi connectivity index (χ4n) is 2.85. The smallest absolute Gasteiger partial charge is 0.276 e. The first-order chi connectivity index (χ1) is 14.3. The van der Waals surface area contributed by atoms with Crippen molar-refractivity contribution >= 4 is 29.3 Å². The molecular formula is C20H16F4N2O3S. The summed E-state index contributed by atoms with van der Waals surface area (Å²) in [6.45, 7) is 1.74. The van der Waals surface area contributed by atoms with E-state index in [0.717, 1.165) is 0 Å². The number of amides is 1. The predicted octanol–water partition coefficient (Wildman–Crippen LogP) is 3.91. The summed E-state index contributed by atoms with van der Waals surface area (Å²) >= 11 is 5.10. The molecule has 2 aromatic rings. The van der Waals surface area contributed by atoms with Gasteiger partial charge in [0.2, 0.25) is 11.6 Å². The van der Waals surface area contributed by atoms with Gasteiger partial charge in [-0.3, -0.25) is 9.69 Å². The summed E-state index contributed by atoms with van der Waals surface area (Å²) in [7, 11) is 1.37. The molecule has 0 bridgehead atoms. The number of hydrogen-bond donors (Lipinski definition) is 1. The zero-order valence-electron chi connectivity index (χ0n) is 15.9. The molecule has 0 saturated carbocycles. The number of halogens is 4. The second kappa shape index (κ2) is 8.70. The van der Waals surface area contributed by atoms with Crippen LogP contribution in [0.1, 0.15) is 18.1 Å². The zero-order valence-corrected chi connectivity index (χ0v) is 16.7. The van der Waals surface area contributed by atoms with Crippen molar-refractivity contribution in [1.82, 2.24) is 10.2 Å². The van der Waals surface area contributed by atoms with Crippen LogP contribution in [0.2, 0.25) is 0 Å². The average Bonchev–Trinajstić information content (AvgIpc) is 2.99. The van der Waals surface area contributed by atoms with Crippen LogP contribution in [-0.2, 0) is 11.4 Å². The number of nitrogens with zero attached hydrogens (tertiary/aromatic N) is 1. The number of nitrogens with one attached hydrogen (secondary N) is 1. The van der Waals surface area contributed by atoms with Crippen molar-refractivity contribution in [3.8, 4) is 11.5 Å². The summed E-state index contributed by atoms with van der Waals surface area (Å²) in [5.74, 6) is -7.58. The fourth-order valence-corrected chi connectivity index (χ4v) is 3.18. The molecule has 1 N–H and O–H groups in total. The van der Waals surface area contributed by atoms with Crippen LogP contribution < -0.4 is 14.8 Å². The van der Waals surface area contributed by atoms with Crippen LogP contribution in [0.25, 0.3) is 6.08 Å². The SMILES string of the molecule is CCN1C(=O)/C(=C\c2ccc(OC)c(COc3c(F)c(F)cc(F)c3F)c2)NC1=S. The molecule has 1 heterocycles. The minimum absolute atomic E-state index is 0.0978. The lowest BCUT2D eigenvalue weighted by Crippen LogP contribution is -2.30. The molecule has 0 atom stereocenters. The van der Waals surface area contributed by atoms with E-state index in [1.165, 1.54) is 18.1 Å². The van der Waals surface area contributed by atoms with Crippen molar-refractivity contribution in [1.29, 1.82) is 0 Å². The van der Waals surface area contributed by atoms with E-state index < -0.39 is 35.6 Å². The van der Waals surface area contributed by atoms with Crippen LogP contribution in [0.3, 0.4) is 0 Å². The first kappa shape index (κ1) is 21.6. The van der Waals surface area contributed by atoms with E-state index in [0.29, 0.717) is 23.4 Å². The molecule has 0 spiro atoms. The van der Waals surface area contributed by atoms with Gasteiger partial charge in [0.25, 0.3) is 5.91 Å². The highest BCUT2D eigenvalue weighted by Gasteiger charge is 2.29. The van der Waals surface area contributed by atoms with Gasteiger partial charge in [0.05, 0.1) is 7.11 Å². The van der Waals surface area contributed by atoms with Crippen LogP contribution >= 0.6 is 12.2 Å². The van der Waals surface area contributed by atoms with Gasteiger partial charge in [-0.15, -0.1) is 0 Å². The maximum Gasteiger partial charge on any atom is 0.276 e. The maximum absolute atomic E-state index is 13.8. The molecule has 0 aromatic heterocycles. The quantitative estimate of drug-likeness (QED) is 0.320. The Kier molecular flexibility index (Phi) is 6.25. The van der Waals surface area contributed by atoms with Crippen molar-refractivity contribution < 1.29 is 31.8 Å². The second-order valence-corrected chi connectivity index (χ2v) is 6.58. The van der Waals surface area contributed by atoms with Crippen molar-refractivity contribution in [3.63, 3.8) is 0 Å². The summed E-state index contributed by atoms with van der Waals surface area (Å²) in [5, 5.41) is 3.09. The van der Waals surface area contributed by atoms with E-state index >= 15 is 0 Å². The van der Waals surface area contributed by atoms with Crippen LogP contribution in [0.15, 0.2) is 30.0 Å². The summed E-state index contributed by atoms with van der Waals surface area (Å²) in [6, 6.07) is 4.84. The van der Waals surface area contributed by atoms with Gasteiger partial charge in [0.15, 0.2) is 22.5 Å². The molecule has 1 amide bonds. The Morgan fingerprint density at radius 3 is 2.37 bits per heavy atom. The van der Waals surface area contributed by atoms with Crippen LogP contribution in [0.5, 0.6) is 11.5 Å². The number of likely N-dealkylation sites (N-methyl/N-ethyl adjacent to an activating group) is 1. The molecule has 5 nitrogen and oxygen atoms in total. The van der Waals surface area contributed by atoms with Gasteiger partial charge < -0.3 is 14.8 Å². The minimum atomic E-state index is -1.64. The van der Waals surface area contributed by atoms with Crippen molar-refractivity contribution in [2.24, 2.45) is 0 Å². The maximum atomic E-state index is 13.8. The van der Waals surface area contributed by atoms with E-state index in [9.17, 15) is 22.4 Å². The first-order valence-corrected chi connectivity index (χ1v) is 9.14. The van der Waals surface area contributed by atoms with Crippen LogP contribution in [-0.4, -0.2) is 29.6 Å². The number of hydrogen-bond acceptors (Lipinski definition) is 4. The lowest BCUT2D eigenvalue weighted by Gasteiger charge is -2.13. The largest absolute Gasteiger partial charge is 0.496 e. The molecule has 1 fully saturated rings. The molecule has 30 heavy (non-hydrogen) atoms. The average molecular weight is 440 g/mol. The molecule has 1 aliphatic heterocycles. The van der Waals surface area contributed by atoms with Crippen molar-refractivity contribution in [3.05, 3.63) is 64.4 Å². The normalized spacial score (nSPS) is 15.0. The summed E-state index contributed by atoms with van der Waals surface area (Å²) in [6.07, 6.45) is 1.54. The Balaban J connectivity index is 1.89. The van der Waals surface area contributed by atoms with E-state index in [1.807, 2.05) is 0 Å². The van der Waals surface area contributed by atoms with Gasteiger partial charge in [0, 0.05) is 18.2 Å². The standard InChI is InChI=1S/C20H16F4N2O3S/c1-3-26-19(27)14(25-20(26)30)7-10-4-5-15(28-2)11(6-10)9-29-18-16(23)12(21)8-13(22)17(18)24/h4-8H,3,9H2,1-2H3,(H,25,30)/b14-7+. The van der Waals surface area contributed by atoms with Gasteiger partial charge in [-0.25, -0.2) is 8.78 Å². The first-order valence-electron chi connectivity index (χ1n) is 8.74. The minimum Gasteiger partial charge on any atom is -0.496 e. The third-order valence-electron chi connectivity index (χ3n) is 4.34. The van der Waals surface area contributed by atoms with Gasteiger partial charge >= 0.3 is 0 Å². The Morgan fingerprint density at radius 2 is 1.80 bits per heavy atom. The van der Waals surface area contributed by atoms with Crippen LogP contribution in [0, 0.1) is 23.3 Å². The number of carbonyl (C=O) groups is 1. The van der Waals surface area contributed by atoms with Gasteiger partial charge in [-0.05, 0) is 42.9 Å². The highest BCUT2D eigenvalue weighted by Crippen LogP contribution is 2.29. The van der Waals surface area contributed by atoms with Crippen molar-refractivity contribution in [2.45, 2.75) is 13.5 Å². The third kappa shape index (κ3) is 4.09. The Labute approximate surface area is 174 Å². The predicted molar refractivity (Wildman–Crippen MR) is 105 cm³/mol. The monoisotopic (exact) mass is 440 g/mol. The van der Waals surface area contributed by atoms with Gasteiger partial charge in [-0.1, -0.05) is 6.07 Å². The molecule has 0 aliphatic carbocycles. The molecule has 1 saturated heterocycles. The van der Waals surface area contributed by atoms with E-state index in [-0.39, 0.29) is 22.8 Å². The highest BCUT2D eigenvalue weighted by atomic mass is 32.1. The number of thiocarbonyl (C=S) groups is 1. The molecule has 1 aliphatic rings. The Bertz CT molecular complexity index is 1030. The van der Waals surface area contributed by atoms with E-state index in [1.54, 1.807) is 25.1 Å². The van der Waals surface area contributed by atoms with Crippen molar-refractivity contribution in [2.75, 3.05) is 13.7 Å². The highest BCUT2D eigenvalue weighted by molar-refractivity contribution is 7.80. The molecule has 0 radical (unpaired) electrons. The molecule has 158 valence electrons. The number of ether oxygens (including phenoxy) is 2. The summed E-state index contributed by atoms with van der Waals surface area (Å²) in [5.41, 5.74) is 1.12. The number of carbonyl (C=O) groups excluding carboxylic acids is 1. The van der Waals surface area contributed by atoms with Gasteiger partial charge in [0.1, 0.15) is 18.1 Å². The van der Waals surface area contributed by atoms with E-state index in [2.05, 4.69) is 5.32 Å². The third-order valence-corrected chi connectivity index (χ3v) is 4.66. The Hall–Kier alpha value is -3.14. The topological polar surface area (TPSA) is 50.8 Å². The lowest BCUT2D eigenvalue weighted by molar-refractivity contribution is -0.122. The molecule has 3 rings (SSSR count). The second-order valence-electron chi connectivity index (χ2n) is 6.19. The number of methoxy groups -OCH3 is 1. The zero-order chi connectivity index (χ0) is 22.0. The summed E-state index contributed by atoms with van der Waals surface area (Å²) in [4.78, 5) is 13.7.